The van der Waals surface area contributed by atoms with Crippen molar-refractivity contribution in [2.75, 3.05) is 26.8 Å². The van der Waals surface area contributed by atoms with E-state index in [0.29, 0.717) is 29.4 Å². The second-order valence-electron chi connectivity index (χ2n) is 5.30. The number of hydrogen-bond donors (Lipinski definition) is 2. The molecule has 0 spiro atoms. The van der Waals surface area contributed by atoms with Gasteiger partial charge in [-0.1, -0.05) is 11.6 Å². The van der Waals surface area contributed by atoms with E-state index < -0.39 is 0 Å². The van der Waals surface area contributed by atoms with E-state index in [2.05, 4.69) is 5.32 Å². The Morgan fingerprint density at radius 2 is 2.18 bits per heavy atom. The van der Waals surface area contributed by atoms with Crippen LogP contribution in [0.4, 0.5) is 0 Å². The number of nitrogens with zero attached hydrogens (tertiary/aromatic N) is 1. The summed E-state index contributed by atoms with van der Waals surface area (Å²) in [5.74, 6) is -0.159. The van der Waals surface area contributed by atoms with E-state index in [-0.39, 0.29) is 30.4 Å². The summed E-state index contributed by atoms with van der Waals surface area (Å²) in [5, 5.41) is 12.7. The molecule has 0 aliphatic carbocycles. The average Bonchev–Trinajstić information content (AvgIpc) is 2.88. The van der Waals surface area contributed by atoms with E-state index in [9.17, 15) is 14.7 Å². The van der Waals surface area contributed by atoms with Crippen molar-refractivity contribution in [3.63, 3.8) is 0 Å². The Kier molecular flexibility index (Phi) is 5.26. The number of methoxy groups -OCH3 is 1. The zero-order valence-electron chi connectivity index (χ0n) is 12.5. The summed E-state index contributed by atoms with van der Waals surface area (Å²) in [6, 6.07) is 4.58. The van der Waals surface area contributed by atoms with Gasteiger partial charge >= 0.3 is 0 Å². The fourth-order valence-corrected chi connectivity index (χ4v) is 2.82. The number of aliphatic hydroxyl groups excluding tert-OH is 1. The van der Waals surface area contributed by atoms with Gasteiger partial charge in [-0.3, -0.25) is 9.59 Å². The van der Waals surface area contributed by atoms with Gasteiger partial charge in [-0.05, 0) is 18.2 Å². The van der Waals surface area contributed by atoms with Crippen LogP contribution in [0.15, 0.2) is 18.2 Å². The summed E-state index contributed by atoms with van der Waals surface area (Å²) in [5.41, 5.74) is 0.409. The quantitative estimate of drug-likeness (QED) is 0.862. The molecular weight excluding hydrogens is 308 g/mol. The second kappa shape index (κ2) is 6.98. The maximum Gasteiger partial charge on any atom is 0.257 e. The molecule has 1 fully saturated rings. The third-order valence-corrected chi connectivity index (χ3v) is 3.98. The van der Waals surface area contributed by atoms with Gasteiger partial charge < -0.3 is 20.1 Å². The van der Waals surface area contributed by atoms with Crippen molar-refractivity contribution in [3.05, 3.63) is 28.8 Å². The first-order chi connectivity index (χ1) is 10.5. The first-order valence-corrected chi connectivity index (χ1v) is 7.34. The molecule has 22 heavy (non-hydrogen) atoms. The molecule has 2 amide bonds. The lowest BCUT2D eigenvalue weighted by Crippen LogP contribution is -2.40. The molecule has 120 valence electrons. The summed E-state index contributed by atoms with van der Waals surface area (Å²) >= 11 is 5.90. The fraction of sp³-hybridized carbons (Fsp3) is 0.467. The summed E-state index contributed by atoms with van der Waals surface area (Å²) in [4.78, 5) is 25.5. The van der Waals surface area contributed by atoms with Gasteiger partial charge in [0.25, 0.3) is 5.91 Å². The number of rotatable bonds is 4. The van der Waals surface area contributed by atoms with Gasteiger partial charge in [0.2, 0.25) is 5.91 Å². The van der Waals surface area contributed by atoms with Gasteiger partial charge in [-0.15, -0.1) is 0 Å². The highest BCUT2D eigenvalue weighted by Gasteiger charge is 2.36. The first-order valence-electron chi connectivity index (χ1n) is 6.97. The molecule has 1 heterocycles. The lowest BCUT2D eigenvalue weighted by molar-refractivity contribution is -0.119. The Balaban J connectivity index is 2.18. The maximum atomic E-state index is 12.6. The Morgan fingerprint density at radius 1 is 1.45 bits per heavy atom. The van der Waals surface area contributed by atoms with Crippen LogP contribution in [-0.2, 0) is 4.79 Å². The molecule has 0 aromatic heterocycles. The van der Waals surface area contributed by atoms with Crippen LogP contribution < -0.4 is 10.1 Å². The number of nitrogens with one attached hydrogen (secondary N) is 1. The maximum absolute atomic E-state index is 12.6. The Labute approximate surface area is 134 Å². The molecule has 6 nitrogen and oxygen atoms in total. The SMILES string of the molecule is COc1cc(Cl)ccc1C(=O)N1CC(CO)C(NC(C)=O)C1. The summed E-state index contributed by atoms with van der Waals surface area (Å²) in [6.07, 6.45) is 0. The van der Waals surface area contributed by atoms with E-state index in [1.54, 1.807) is 23.1 Å². The zero-order valence-corrected chi connectivity index (χ0v) is 13.3. The number of ether oxygens (including phenoxy) is 1. The third kappa shape index (κ3) is 3.51. The van der Waals surface area contributed by atoms with Gasteiger partial charge in [0, 0.05) is 37.6 Å². The lowest BCUT2D eigenvalue weighted by Gasteiger charge is -2.18. The van der Waals surface area contributed by atoms with Gasteiger partial charge in [-0.2, -0.15) is 0 Å². The van der Waals surface area contributed by atoms with Gasteiger partial charge in [0.05, 0.1) is 18.7 Å². The topological polar surface area (TPSA) is 78.9 Å². The standard InChI is InChI=1S/C15H19ClN2O4/c1-9(20)17-13-7-18(6-10(13)8-19)15(21)12-4-3-11(16)5-14(12)22-2/h3-5,10,13,19H,6-8H2,1-2H3,(H,17,20). The molecule has 2 unspecified atom stereocenters. The van der Waals surface area contributed by atoms with Crippen molar-refractivity contribution in [1.29, 1.82) is 0 Å². The van der Waals surface area contributed by atoms with E-state index in [0.717, 1.165) is 0 Å². The van der Waals surface area contributed by atoms with Crippen molar-refractivity contribution in [3.8, 4) is 5.75 Å². The molecule has 1 saturated heterocycles. The van der Waals surface area contributed by atoms with Crippen molar-refractivity contribution in [2.24, 2.45) is 5.92 Å². The van der Waals surface area contributed by atoms with Crippen LogP contribution in [-0.4, -0.2) is 54.7 Å². The van der Waals surface area contributed by atoms with Crippen LogP contribution in [0.3, 0.4) is 0 Å². The average molecular weight is 327 g/mol. The number of aliphatic hydroxyl groups is 1. The Bertz CT molecular complexity index is 579. The number of halogens is 1. The first kappa shape index (κ1) is 16.6. The van der Waals surface area contributed by atoms with Gasteiger partial charge in [0.15, 0.2) is 0 Å². The molecule has 2 rings (SSSR count). The minimum Gasteiger partial charge on any atom is -0.496 e. The minimum absolute atomic E-state index is 0.0908. The summed E-state index contributed by atoms with van der Waals surface area (Å²) < 4.78 is 5.20. The van der Waals surface area contributed by atoms with Crippen molar-refractivity contribution in [1.82, 2.24) is 10.2 Å². The van der Waals surface area contributed by atoms with E-state index in [1.807, 2.05) is 0 Å². The number of likely N-dealkylation sites (tertiary alicyclic amines) is 1. The second-order valence-corrected chi connectivity index (χ2v) is 5.74. The molecule has 0 bridgehead atoms. The van der Waals surface area contributed by atoms with Crippen LogP contribution >= 0.6 is 11.6 Å². The van der Waals surface area contributed by atoms with Gasteiger partial charge in [-0.25, -0.2) is 0 Å². The molecule has 1 aliphatic rings. The number of amides is 2. The molecule has 1 aromatic rings. The van der Waals surface area contributed by atoms with Crippen molar-refractivity contribution < 1.29 is 19.4 Å². The predicted octanol–water partition coefficient (Wildman–Crippen LogP) is 0.918. The largest absolute Gasteiger partial charge is 0.496 e. The highest BCUT2D eigenvalue weighted by molar-refractivity contribution is 6.30. The third-order valence-electron chi connectivity index (χ3n) is 3.75. The molecule has 1 aromatic carbocycles. The highest BCUT2D eigenvalue weighted by Crippen LogP contribution is 2.27. The van der Waals surface area contributed by atoms with Crippen LogP contribution in [0.1, 0.15) is 17.3 Å². The van der Waals surface area contributed by atoms with Crippen LogP contribution in [0.25, 0.3) is 0 Å². The lowest BCUT2D eigenvalue weighted by atomic mass is 10.1. The predicted molar refractivity (Wildman–Crippen MR) is 82.1 cm³/mol. The van der Waals surface area contributed by atoms with Crippen LogP contribution in [0, 0.1) is 5.92 Å². The monoisotopic (exact) mass is 326 g/mol. The highest BCUT2D eigenvalue weighted by atomic mass is 35.5. The molecule has 2 atom stereocenters. The molecule has 0 saturated carbocycles. The summed E-state index contributed by atoms with van der Waals surface area (Å²) in [7, 11) is 1.48. The van der Waals surface area contributed by atoms with E-state index in [1.165, 1.54) is 14.0 Å². The number of carbonyl (C=O) groups excluding carboxylic acids is 2. The van der Waals surface area contributed by atoms with Gasteiger partial charge in [0.1, 0.15) is 5.75 Å². The zero-order chi connectivity index (χ0) is 16.3. The molecule has 0 radical (unpaired) electrons. The summed E-state index contributed by atoms with van der Waals surface area (Å²) in [6.45, 7) is 2.06. The molecule has 2 N–H and O–H groups in total. The molecule has 1 aliphatic heterocycles. The Hall–Kier alpha value is -1.79. The Morgan fingerprint density at radius 3 is 2.77 bits per heavy atom. The normalized spacial score (nSPS) is 20.8. The number of hydrogen-bond acceptors (Lipinski definition) is 4. The van der Waals surface area contributed by atoms with E-state index in [4.69, 9.17) is 16.3 Å². The fourth-order valence-electron chi connectivity index (χ4n) is 2.66. The van der Waals surface area contributed by atoms with Crippen molar-refractivity contribution in [2.45, 2.75) is 13.0 Å². The van der Waals surface area contributed by atoms with Crippen LogP contribution in [0.2, 0.25) is 5.02 Å². The van der Waals surface area contributed by atoms with Crippen LogP contribution in [0.5, 0.6) is 5.75 Å². The molecule has 7 heteroatoms. The smallest absolute Gasteiger partial charge is 0.257 e. The minimum atomic E-state index is -0.246. The van der Waals surface area contributed by atoms with E-state index >= 15 is 0 Å². The number of benzene rings is 1. The molecular formula is C15H19ClN2O4. The van der Waals surface area contributed by atoms with Crippen molar-refractivity contribution >= 4 is 23.4 Å². The number of carbonyl (C=O) groups is 2.